The Bertz CT molecular complexity index is 264. The van der Waals surface area contributed by atoms with Gasteiger partial charge in [0.25, 0.3) is 0 Å². The molecule has 1 N–H and O–H groups in total. The summed E-state index contributed by atoms with van der Waals surface area (Å²) < 4.78 is 10.2. The smallest absolute Gasteiger partial charge is 0.307 e. The molecule has 0 spiro atoms. The summed E-state index contributed by atoms with van der Waals surface area (Å²) in [6.45, 7) is 5.97. The maximum absolute atomic E-state index is 11.4. The summed E-state index contributed by atoms with van der Waals surface area (Å²) in [6, 6.07) is 0.0657. The molecular weight excluding hydrogens is 234 g/mol. The molecule has 1 heterocycles. The van der Waals surface area contributed by atoms with Crippen LogP contribution in [0.1, 0.15) is 33.1 Å². The average molecular weight is 259 g/mol. The monoisotopic (exact) mass is 259 g/mol. The third kappa shape index (κ3) is 4.92. The van der Waals surface area contributed by atoms with E-state index in [4.69, 9.17) is 9.47 Å². The van der Waals surface area contributed by atoms with Gasteiger partial charge in [-0.25, -0.2) is 0 Å². The van der Waals surface area contributed by atoms with E-state index in [9.17, 15) is 9.90 Å². The molecule has 0 aromatic heterocycles. The lowest BCUT2D eigenvalue weighted by Crippen LogP contribution is -2.48. The second-order valence-electron chi connectivity index (χ2n) is 5.11. The molecule has 0 aromatic rings. The van der Waals surface area contributed by atoms with Crippen molar-refractivity contribution in [2.75, 3.05) is 33.4 Å². The van der Waals surface area contributed by atoms with Crippen LogP contribution in [0.25, 0.3) is 0 Å². The normalized spacial score (nSPS) is 20.7. The predicted molar refractivity (Wildman–Crippen MR) is 68.3 cm³/mol. The summed E-state index contributed by atoms with van der Waals surface area (Å²) in [6.07, 6.45) is 1.67. The SMILES string of the molecule is CCOC(=O)CC(C)N(C)CC1(O)CCOCC1. The van der Waals surface area contributed by atoms with Gasteiger partial charge in [0, 0.05) is 38.6 Å². The Morgan fingerprint density at radius 3 is 2.67 bits per heavy atom. The van der Waals surface area contributed by atoms with E-state index < -0.39 is 5.60 Å². The molecule has 106 valence electrons. The number of likely N-dealkylation sites (N-methyl/N-ethyl adjacent to an activating group) is 1. The number of hydrogen-bond donors (Lipinski definition) is 1. The standard InChI is InChI=1S/C13H25NO4/c1-4-18-12(15)9-11(2)14(3)10-13(16)5-7-17-8-6-13/h11,16H,4-10H2,1-3H3. The highest BCUT2D eigenvalue weighted by Gasteiger charge is 2.32. The van der Waals surface area contributed by atoms with Crippen LogP contribution in [0.2, 0.25) is 0 Å². The van der Waals surface area contributed by atoms with Crippen LogP contribution < -0.4 is 0 Å². The van der Waals surface area contributed by atoms with Crippen LogP contribution in [0.4, 0.5) is 0 Å². The van der Waals surface area contributed by atoms with Crippen molar-refractivity contribution < 1.29 is 19.4 Å². The number of aliphatic hydroxyl groups is 1. The van der Waals surface area contributed by atoms with Gasteiger partial charge in [0.05, 0.1) is 18.6 Å². The van der Waals surface area contributed by atoms with Crippen LogP contribution in [0.5, 0.6) is 0 Å². The predicted octanol–water partition coefficient (Wildman–Crippen LogP) is 0.801. The number of rotatable bonds is 6. The van der Waals surface area contributed by atoms with Gasteiger partial charge in [0.2, 0.25) is 0 Å². The van der Waals surface area contributed by atoms with E-state index in [0.717, 1.165) is 0 Å². The van der Waals surface area contributed by atoms with E-state index in [-0.39, 0.29) is 12.0 Å². The number of carbonyl (C=O) groups excluding carboxylic acids is 1. The molecule has 0 saturated carbocycles. The molecule has 0 amide bonds. The first-order valence-corrected chi connectivity index (χ1v) is 6.63. The molecule has 0 radical (unpaired) electrons. The number of ether oxygens (including phenoxy) is 2. The molecule has 1 saturated heterocycles. The van der Waals surface area contributed by atoms with Crippen molar-refractivity contribution in [3.8, 4) is 0 Å². The minimum Gasteiger partial charge on any atom is -0.466 e. The molecule has 5 nitrogen and oxygen atoms in total. The molecule has 1 fully saturated rings. The van der Waals surface area contributed by atoms with E-state index in [2.05, 4.69) is 0 Å². The van der Waals surface area contributed by atoms with Crippen LogP contribution in [-0.2, 0) is 14.3 Å². The highest BCUT2D eigenvalue weighted by atomic mass is 16.5. The topological polar surface area (TPSA) is 59.0 Å². The van der Waals surface area contributed by atoms with Crippen LogP contribution in [0.3, 0.4) is 0 Å². The van der Waals surface area contributed by atoms with Gasteiger partial charge in [-0.2, -0.15) is 0 Å². The fraction of sp³-hybridized carbons (Fsp3) is 0.923. The van der Waals surface area contributed by atoms with Crippen molar-refractivity contribution in [2.24, 2.45) is 0 Å². The Morgan fingerprint density at radius 2 is 2.11 bits per heavy atom. The van der Waals surface area contributed by atoms with Gasteiger partial charge in [0.1, 0.15) is 0 Å². The quantitative estimate of drug-likeness (QED) is 0.715. The molecule has 18 heavy (non-hydrogen) atoms. The third-order valence-corrected chi connectivity index (χ3v) is 3.49. The zero-order valence-corrected chi connectivity index (χ0v) is 11.6. The first-order chi connectivity index (χ1) is 8.47. The Morgan fingerprint density at radius 1 is 1.50 bits per heavy atom. The van der Waals surface area contributed by atoms with Gasteiger partial charge < -0.3 is 19.5 Å². The Balaban J connectivity index is 2.38. The highest BCUT2D eigenvalue weighted by Crippen LogP contribution is 2.22. The number of esters is 1. The highest BCUT2D eigenvalue weighted by molar-refractivity contribution is 5.70. The molecule has 1 rings (SSSR count). The molecule has 1 atom stereocenters. The maximum atomic E-state index is 11.4. The number of nitrogens with zero attached hydrogens (tertiary/aromatic N) is 1. The Kier molecular flexibility index (Phi) is 6.05. The lowest BCUT2D eigenvalue weighted by Gasteiger charge is -2.37. The fourth-order valence-corrected chi connectivity index (χ4v) is 2.15. The summed E-state index contributed by atoms with van der Waals surface area (Å²) in [5.41, 5.74) is -0.685. The van der Waals surface area contributed by atoms with Gasteiger partial charge in [-0.15, -0.1) is 0 Å². The van der Waals surface area contributed by atoms with Crippen molar-refractivity contribution in [1.29, 1.82) is 0 Å². The van der Waals surface area contributed by atoms with Gasteiger partial charge in [-0.3, -0.25) is 4.79 Å². The fourth-order valence-electron chi connectivity index (χ4n) is 2.15. The van der Waals surface area contributed by atoms with E-state index in [1.54, 1.807) is 6.92 Å². The first kappa shape index (κ1) is 15.4. The summed E-state index contributed by atoms with van der Waals surface area (Å²) in [7, 11) is 1.93. The van der Waals surface area contributed by atoms with Crippen molar-refractivity contribution in [2.45, 2.75) is 44.8 Å². The van der Waals surface area contributed by atoms with E-state index in [1.165, 1.54) is 0 Å². The second kappa shape index (κ2) is 7.07. The molecule has 1 aliphatic rings. The number of carbonyl (C=O) groups is 1. The van der Waals surface area contributed by atoms with Crippen LogP contribution in [0.15, 0.2) is 0 Å². The Labute approximate surface area is 109 Å². The van der Waals surface area contributed by atoms with Crippen molar-refractivity contribution in [3.05, 3.63) is 0 Å². The average Bonchev–Trinajstić information content (AvgIpc) is 2.29. The second-order valence-corrected chi connectivity index (χ2v) is 5.11. The minimum atomic E-state index is -0.685. The summed E-state index contributed by atoms with van der Waals surface area (Å²) in [5.74, 6) is -0.184. The lowest BCUT2D eigenvalue weighted by atomic mass is 9.93. The van der Waals surface area contributed by atoms with Crippen molar-refractivity contribution >= 4 is 5.97 Å². The van der Waals surface area contributed by atoms with Crippen LogP contribution in [0, 0.1) is 0 Å². The molecule has 0 aromatic carbocycles. The van der Waals surface area contributed by atoms with E-state index >= 15 is 0 Å². The van der Waals surface area contributed by atoms with Crippen molar-refractivity contribution in [3.63, 3.8) is 0 Å². The molecule has 0 bridgehead atoms. The van der Waals surface area contributed by atoms with Gasteiger partial charge in [-0.1, -0.05) is 0 Å². The third-order valence-electron chi connectivity index (χ3n) is 3.49. The maximum Gasteiger partial charge on any atom is 0.307 e. The summed E-state index contributed by atoms with van der Waals surface area (Å²) in [4.78, 5) is 13.4. The summed E-state index contributed by atoms with van der Waals surface area (Å²) in [5, 5.41) is 10.4. The minimum absolute atomic E-state index is 0.0657. The molecule has 1 unspecified atom stereocenters. The molecule has 1 aliphatic heterocycles. The molecule has 0 aliphatic carbocycles. The van der Waals surface area contributed by atoms with Crippen molar-refractivity contribution in [1.82, 2.24) is 4.90 Å². The molecule has 5 heteroatoms. The lowest BCUT2D eigenvalue weighted by molar-refractivity contribution is -0.145. The molecular formula is C13H25NO4. The van der Waals surface area contributed by atoms with Gasteiger partial charge in [0.15, 0.2) is 0 Å². The van der Waals surface area contributed by atoms with Crippen LogP contribution in [-0.4, -0.2) is 61.0 Å². The zero-order chi connectivity index (χ0) is 13.6. The van der Waals surface area contributed by atoms with Gasteiger partial charge >= 0.3 is 5.97 Å². The van der Waals surface area contributed by atoms with E-state index in [0.29, 0.717) is 45.6 Å². The number of hydrogen-bond acceptors (Lipinski definition) is 5. The zero-order valence-electron chi connectivity index (χ0n) is 11.6. The first-order valence-electron chi connectivity index (χ1n) is 6.63. The van der Waals surface area contributed by atoms with Gasteiger partial charge in [-0.05, 0) is 20.9 Å². The largest absolute Gasteiger partial charge is 0.466 e. The Hall–Kier alpha value is -0.650. The van der Waals surface area contributed by atoms with E-state index in [1.807, 2.05) is 18.9 Å². The summed E-state index contributed by atoms with van der Waals surface area (Å²) >= 11 is 0. The van der Waals surface area contributed by atoms with Crippen LogP contribution >= 0.6 is 0 Å².